The Morgan fingerprint density at radius 1 is 0.741 bits per heavy atom. The molecule has 0 saturated heterocycles. The largest absolute Gasteiger partial charge is 0.345 e. The van der Waals surface area contributed by atoms with Gasteiger partial charge in [0.15, 0.2) is 0 Å². The summed E-state index contributed by atoms with van der Waals surface area (Å²) in [5.41, 5.74) is 0. The Morgan fingerprint density at radius 3 is 1.63 bits per heavy atom. The molecule has 0 aromatic rings. The molecule has 0 aromatic carbocycles. The minimum absolute atomic E-state index is 0.158. The molecule has 0 rings (SSSR count). The minimum atomic E-state index is -1.52. The topological polar surface area (TPSA) is 60.4 Å². The lowest BCUT2D eigenvalue weighted by Gasteiger charge is -2.50. The third kappa shape index (κ3) is 7.95. The molecular formula is C21H45NO5. The highest BCUT2D eigenvalue weighted by molar-refractivity contribution is 4.86. The molecule has 0 saturated carbocycles. The predicted octanol–water partition coefficient (Wildman–Crippen LogP) is 5.33. The van der Waals surface area contributed by atoms with Crippen LogP contribution in [0.4, 0.5) is 0 Å². The van der Waals surface area contributed by atoms with E-state index in [0.29, 0.717) is 26.4 Å². The molecule has 0 aliphatic heterocycles. The summed E-state index contributed by atoms with van der Waals surface area (Å²) in [5.74, 6) is -2.78. The molecule has 6 heteroatoms. The Hall–Kier alpha value is -0.240. The summed E-state index contributed by atoms with van der Waals surface area (Å²) < 4.78 is 23.8. The second-order valence-electron chi connectivity index (χ2n) is 7.01. The molecule has 0 heterocycles. The number of ether oxygens (including phenoxy) is 4. The highest BCUT2D eigenvalue weighted by atomic mass is 16.8. The summed E-state index contributed by atoms with van der Waals surface area (Å²) in [7, 11) is 0. The van der Waals surface area contributed by atoms with Crippen molar-refractivity contribution in [3.63, 3.8) is 0 Å². The first-order valence-electron chi connectivity index (χ1n) is 10.9. The van der Waals surface area contributed by atoms with Gasteiger partial charge >= 0.3 is 5.91 Å². The van der Waals surface area contributed by atoms with Gasteiger partial charge in [-0.15, -0.1) is 5.06 Å². The fourth-order valence-corrected chi connectivity index (χ4v) is 3.44. The van der Waals surface area contributed by atoms with Crippen LogP contribution in [-0.4, -0.2) is 54.4 Å². The lowest BCUT2D eigenvalue weighted by atomic mass is 10.0. The third-order valence-electron chi connectivity index (χ3n) is 4.79. The van der Waals surface area contributed by atoms with Crippen LogP contribution in [0.25, 0.3) is 0 Å². The normalized spacial score (nSPS) is 14.1. The third-order valence-corrected chi connectivity index (χ3v) is 4.79. The number of rotatable bonds is 18. The first-order valence-corrected chi connectivity index (χ1v) is 10.9. The number of unbranched alkanes of at least 4 members (excludes halogenated alkanes) is 5. The summed E-state index contributed by atoms with van der Waals surface area (Å²) in [4.78, 5) is 0. The van der Waals surface area contributed by atoms with E-state index in [4.69, 9.17) is 18.9 Å². The molecule has 1 atom stereocenters. The van der Waals surface area contributed by atoms with Crippen molar-refractivity contribution in [1.29, 1.82) is 0 Å². The van der Waals surface area contributed by atoms with Crippen LogP contribution in [0, 0.1) is 0 Å². The van der Waals surface area contributed by atoms with E-state index < -0.39 is 11.7 Å². The maximum absolute atomic E-state index is 11.1. The van der Waals surface area contributed by atoms with Gasteiger partial charge in [-0.25, -0.2) is 0 Å². The second kappa shape index (κ2) is 14.7. The predicted molar refractivity (Wildman–Crippen MR) is 109 cm³/mol. The van der Waals surface area contributed by atoms with Crippen molar-refractivity contribution in [2.24, 2.45) is 0 Å². The van der Waals surface area contributed by atoms with E-state index >= 15 is 0 Å². The van der Waals surface area contributed by atoms with Gasteiger partial charge in [-0.1, -0.05) is 45.4 Å². The van der Waals surface area contributed by atoms with Crippen LogP contribution in [0.2, 0.25) is 0 Å². The molecule has 6 nitrogen and oxygen atoms in total. The van der Waals surface area contributed by atoms with Gasteiger partial charge in [0.05, 0.1) is 0 Å². The van der Waals surface area contributed by atoms with Crippen molar-refractivity contribution in [2.75, 3.05) is 26.4 Å². The van der Waals surface area contributed by atoms with Crippen molar-refractivity contribution < 1.29 is 24.2 Å². The van der Waals surface area contributed by atoms with E-state index in [2.05, 4.69) is 6.92 Å². The monoisotopic (exact) mass is 391 g/mol. The molecular weight excluding hydrogens is 346 g/mol. The summed E-state index contributed by atoms with van der Waals surface area (Å²) in [6.45, 7) is 15.0. The Bertz CT molecular complexity index is 341. The van der Waals surface area contributed by atoms with Crippen molar-refractivity contribution in [2.45, 2.75) is 111 Å². The zero-order valence-electron chi connectivity index (χ0n) is 18.9. The Labute approximate surface area is 167 Å². The maximum atomic E-state index is 11.1. The van der Waals surface area contributed by atoms with Crippen LogP contribution in [0.3, 0.4) is 0 Å². The number of hydroxylamine groups is 2. The zero-order valence-corrected chi connectivity index (χ0v) is 18.9. The average Bonchev–Trinajstić information content (AvgIpc) is 2.63. The van der Waals surface area contributed by atoms with Crippen LogP contribution < -0.4 is 0 Å². The van der Waals surface area contributed by atoms with Gasteiger partial charge in [-0.3, -0.25) is 0 Å². The lowest BCUT2D eigenvalue weighted by molar-refractivity contribution is -0.498. The maximum Gasteiger partial charge on any atom is 0.309 e. The highest BCUT2D eigenvalue weighted by Crippen LogP contribution is 2.37. The fourth-order valence-electron chi connectivity index (χ4n) is 3.44. The molecule has 0 aliphatic rings. The van der Waals surface area contributed by atoms with Crippen molar-refractivity contribution in [1.82, 2.24) is 5.06 Å². The summed E-state index contributed by atoms with van der Waals surface area (Å²) >= 11 is 0. The fraction of sp³-hybridized carbons (Fsp3) is 1.00. The Morgan fingerprint density at radius 2 is 1.19 bits per heavy atom. The van der Waals surface area contributed by atoms with E-state index in [9.17, 15) is 5.21 Å². The van der Waals surface area contributed by atoms with Gasteiger partial charge in [0.2, 0.25) is 5.79 Å². The minimum Gasteiger partial charge on any atom is -0.345 e. The molecule has 0 aliphatic carbocycles. The van der Waals surface area contributed by atoms with E-state index in [1.165, 1.54) is 32.1 Å². The number of hydrogen-bond donors (Lipinski definition) is 1. The van der Waals surface area contributed by atoms with Gasteiger partial charge in [-0.05, 0) is 48.0 Å². The van der Waals surface area contributed by atoms with E-state index in [0.717, 1.165) is 17.9 Å². The van der Waals surface area contributed by atoms with Crippen molar-refractivity contribution in [3.05, 3.63) is 0 Å². The van der Waals surface area contributed by atoms with Gasteiger partial charge < -0.3 is 24.2 Å². The van der Waals surface area contributed by atoms with E-state index in [1.54, 1.807) is 6.92 Å². The SMILES string of the molecule is CCCCCCCCC(C)N(O)C(OCC)(OCC)C(C)(OCC)OCC. The first-order chi connectivity index (χ1) is 12.9. The highest BCUT2D eigenvalue weighted by Gasteiger charge is 2.58. The molecule has 164 valence electrons. The van der Waals surface area contributed by atoms with Crippen LogP contribution >= 0.6 is 0 Å². The summed E-state index contributed by atoms with van der Waals surface area (Å²) in [6.07, 6.45) is 8.13. The summed E-state index contributed by atoms with van der Waals surface area (Å²) in [5, 5.41) is 12.3. The Balaban J connectivity index is 5.28. The van der Waals surface area contributed by atoms with E-state index in [1.807, 2.05) is 34.6 Å². The molecule has 0 amide bonds. The molecule has 0 aromatic heterocycles. The summed E-state index contributed by atoms with van der Waals surface area (Å²) in [6, 6.07) is -0.158. The van der Waals surface area contributed by atoms with E-state index in [-0.39, 0.29) is 6.04 Å². The number of nitrogens with zero attached hydrogens (tertiary/aromatic N) is 1. The van der Waals surface area contributed by atoms with Crippen LogP contribution in [-0.2, 0) is 18.9 Å². The van der Waals surface area contributed by atoms with Gasteiger partial charge in [0, 0.05) is 32.5 Å². The van der Waals surface area contributed by atoms with Crippen LogP contribution in [0.15, 0.2) is 0 Å². The number of hydrogen-bond acceptors (Lipinski definition) is 6. The zero-order chi connectivity index (χ0) is 20.8. The molecule has 1 unspecified atom stereocenters. The quantitative estimate of drug-likeness (QED) is 0.193. The standard InChI is InChI=1S/C21H45NO5/c1-8-13-14-15-16-17-18-19(6)22(23)21(26-11-4,27-12-5)20(7,24-9-2)25-10-3/h19,23H,8-18H2,1-7H3. The molecule has 0 spiro atoms. The molecule has 0 radical (unpaired) electrons. The van der Waals surface area contributed by atoms with Gasteiger partial charge in [-0.2, -0.15) is 0 Å². The van der Waals surface area contributed by atoms with Crippen LogP contribution in [0.1, 0.15) is 93.4 Å². The molecule has 0 bridgehead atoms. The lowest BCUT2D eigenvalue weighted by Crippen LogP contribution is -2.69. The second-order valence-corrected chi connectivity index (χ2v) is 7.01. The molecule has 27 heavy (non-hydrogen) atoms. The van der Waals surface area contributed by atoms with Gasteiger partial charge in [0.1, 0.15) is 0 Å². The first kappa shape index (κ1) is 26.8. The molecule has 1 N–H and O–H groups in total. The van der Waals surface area contributed by atoms with Crippen molar-refractivity contribution >= 4 is 0 Å². The Kier molecular flexibility index (Phi) is 14.6. The van der Waals surface area contributed by atoms with Crippen LogP contribution in [0.5, 0.6) is 0 Å². The van der Waals surface area contributed by atoms with Crippen molar-refractivity contribution in [3.8, 4) is 0 Å². The molecule has 0 fully saturated rings. The average molecular weight is 392 g/mol. The smallest absolute Gasteiger partial charge is 0.309 e. The van der Waals surface area contributed by atoms with Gasteiger partial charge in [0.25, 0.3) is 0 Å².